The summed E-state index contributed by atoms with van der Waals surface area (Å²) in [5, 5.41) is 12.6. The number of rotatable bonds is 3. The van der Waals surface area contributed by atoms with Gasteiger partial charge in [-0.2, -0.15) is 0 Å². The predicted octanol–water partition coefficient (Wildman–Crippen LogP) is 1.83. The van der Waals surface area contributed by atoms with Crippen molar-refractivity contribution in [3.63, 3.8) is 0 Å². The zero-order valence-electron chi connectivity index (χ0n) is 14.1. The van der Waals surface area contributed by atoms with Crippen LogP contribution < -0.4 is 5.32 Å². The summed E-state index contributed by atoms with van der Waals surface area (Å²) < 4.78 is 0. The van der Waals surface area contributed by atoms with Crippen molar-refractivity contribution in [2.75, 3.05) is 6.54 Å². The first-order valence-electron chi connectivity index (χ1n) is 8.54. The molecular weight excluding hydrogens is 280 g/mol. The van der Waals surface area contributed by atoms with E-state index in [1.807, 2.05) is 20.8 Å². The van der Waals surface area contributed by atoms with Crippen molar-refractivity contribution in [1.82, 2.24) is 10.2 Å². The maximum absolute atomic E-state index is 12.5. The fourth-order valence-electron chi connectivity index (χ4n) is 3.41. The van der Waals surface area contributed by atoms with Crippen LogP contribution in [-0.4, -0.2) is 46.6 Å². The van der Waals surface area contributed by atoms with Crippen LogP contribution in [0.4, 0.5) is 0 Å². The molecule has 0 aromatic carbocycles. The Balaban J connectivity index is 1.89. The molecule has 22 heavy (non-hydrogen) atoms. The molecule has 126 valence electrons. The minimum atomic E-state index is -0.304. The van der Waals surface area contributed by atoms with Gasteiger partial charge in [0.1, 0.15) is 6.04 Å². The van der Waals surface area contributed by atoms with Gasteiger partial charge in [0, 0.05) is 19.0 Å². The molecule has 1 aliphatic heterocycles. The summed E-state index contributed by atoms with van der Waals surface area (Å²) in [5.74, 6) is 0.0744. The summed E-state index contributed by atoms with van der Waals surface area (Å²) in [6, 6.07) is -0.155. The standard InChI is InChI=1S/C17H30N2O3/c1-17(2,3)11-15(21)19-10-4-5-14(19)16(22)18-12-6-8-13(20)9-7-12/h12-14,20H,4-11H2,1-3H3,(H,18,22). The highest BCUT2D eigenvalue weighted by atomic mass is 16.3. The van der Waals surface area contributed by atoms with E-state index in [1.54, 1.807) is 4.90 Å². The van der Waals surface area contributed by atoms with E-state index in [1.165, 1.54) is 0 Å². The third-order valence-electron chi connectivity index (χ3n) is 4.60. The monoisotopic (exact) mass is 310 g/mol. The van der Waals surface area contributed by atoms with Gasteiger partial charge in [0.05, 0.1) is 6.10 Å². The molecular formula is C17H30N2O3. The first-order valence-corrected chi connectivity index (χ1v) is 8.54. The quantitative estimate of drug-likeness (QED) is 0.835. The highest BCUT2D eigenvalue weighted by Gasteiger charge is 2.36. The number of hydrogen-bond acceptors (Lipinski definition) is 3. The van der Waals surface area contributed by atoms with E-state index in [4.69, 9.17) is 0 Å². The third-order valence-corrected chi connectivity index (χ3v) is 4.60. The van der Waals surface area contributed by atoms with Crippen LogP contribution in [0.2, 0.25) is 0 Å². The number of nitrogens with zero attached hydrogens (tertiary/aromatic N) is 1. The lowest BCUT2D eigenvalue weighted by Crippen LogP contribution is -2.50. The van der Waals surface area contributed by atoms with Gasteiger partial charge in [-0.3, -0.25) is 9.59 Å². The number of carbonyl (C=O) groups is 2. The van der Waals surface area contributed by atoms with E-state index in [0.717, 1.165) is 38.5 Å². The lowest BCUT2D eigenvalue weighted by Gasteiger charge is -2.31. The summed E-state index contributed by atoms with van der Waals surface area (Å²) in [6.07, 6.45) is 5.08. The second-order valence-corrected chi connectivity index (χ2v) is 8.00. The number of aliphatic hydroxyl groups is 1. The van der Waals surface area contributed by atoms with Crippen LogP contribution in [0.3, 0.4) is 0 Å². The lowest BCUT2D eigenvalue weighted by atomic mass is 9.91. The molecule has 2 aliphatic rings. The van der Waals surface area contributed by atoms with E-state index in [9.17, 15) is 14.7 Å². The Bertz CT molecular complexity index is 409. The maximum Gasteiger partial charge on any atom is 0.243 e. The number of amides is 2. The Kier molecular flexibility index (Phi) is 5.48. The normalized spacial score (nSPS) is 29.5. The van der Waals surface area contributed by atoms with Crippen LogP contribution in [0, 0.1) is 5.41 Å². The molecule has 0 aromatic heterocycles. The Morgan fingerprint density at radius 3 is 2.36 bits per heavy atom. The van der Waals surface area contributed by atoms with E-state index in [2.05, 4.69) is 5.32 Å². The van der Waals surface area contributed by atoms with Crippen molar-refractivity contribution >= 4 is 11.8 Å². The SMILES string of the molecule is CC(C)(C)CC(=O)N1CCCC1C(=O)NC1CCC(O)CC1. The zero-order valence-corrected chi connectivity index (χ0v) is 14.1. The van der Waals surface area contributed by atoms with E-state index in [-0.39, 0.29) is 35.4 Å². The van der Waals surface area contributed by atoms with Crippen molar-refractivity contribution < 1.29 is 14.7 Å². The van der Waals surface area contributed by atoms with Gasteiger partial charge in [-0.05, 0) is 43.9 Å². The molecule has 0 radical (unpaired) electrons. The molecule has 2 rings (SSSR count). The number of likely N-dealkylation sites (tertiary alicyclic amines) is 1. The van der Waals surface area contributed by atoms with E-state index in [0.29, 0.717) is 13.0 Å². The number of carbonyl (C=O) groups excluding carboxylic acids is 2. The van der Waals surface area contributed by atoms with Gasteiger partial charge in [0.2, 0.25) is 11.8 Å². The minimum absolute atomic E-state index is 0.0128. The average Bonchev–Trinajstić information content (AvgIpc) is 2.89. The Morgan fingerprint density at radius 2 is 1.77 bits per heavy atom. The smallest absolute Gasteiger partial charge is 0.243 e. The second kappa shape index (κ2) is 6.99. The van der Waals surface area contributed by atoms with Gasteiger partial charge in [0.15, 0.2) is 0 Å². The lowest BCUT2D eigenvalue weighted by molar-refractivity contribution is -0.140. The first kappa shape index (κ1) is 17.3. The number of nitrogens with one attached hydrogen (secondary N) is 1. The van der Waals surface area contributed by atoms with E-state index < -0.39 is 0 Å². The molecule has 1 saturated carbocycles. The fraction of sp³-hybridized carbons (Fsp3) is 0.882. The Hall–Kier alpha value is -1.10. The van der Waals surface area contributed by atoms with Crippen LogP contribution in [0.15, 0.2) is 0 Å². The topological polar surface area (TPSA) is 69.6 Å². The second-order valence-electron chi connectivity index (χ2n) is 8.00. The summed E-state index contributed by atoms with van der Waals surface area (Å²) in [5.41, 5.74) is -0.0553. The molecule has 1 heterocycles. The molecule has 1 aliphatic carbocycles. The van der Waals surface area contributed by atoms with Gasteiger partial charge in [0.25, 0.3) is 0 Å². The summed E-state index contributed by atoms with van der Waals surface area (Å²) in [7, 11) is 0. The molecule has 5 heteroatoms. The fourth-order valence-corrected chi connectivity index (χ4v) is 3.41. The van der Waals surface area contributed by atoms with Crippen molar-refractivity contribution in [2.24, 2.45) is 5.41 Å². The van der Waals surface area contributed by atoms with Crippen LogP contribution in [0.25, 0.3) is 0 Å². The minimum Gasteiger partial charge on any atom is -0.393 e. The maximum atomic E-state index is 12.5. The molecule has 2 amide bonds. The molecule has 1 unspecified atom stereocenters. The van der Waals surface area contributed by atoms with Crippen LogP contribution >= 0.6 is 0 Å². The molecule has 2 N–H and O–H groups in total. The van der Waals surface area contributed by atoms with E-state index >= 15 is 0 Å². The first-order chi connectivity index (χ1) is 10.3. The molecule has 1 saturated heterocycles. The van der Waals surface area contributed by atoms with Gasteiger partial charge in [-0.15, -0.1) is 0 Å². The molecule has 0 spiro atoms. The van der Waals surface area contributed by atoms with Gasteiger partial charge >= 0.3 is 0 Å². The van der Waals surface area contributed by atoms with Crippen LogP contribution in [0.5, 0.6) is 0 Å². The molecule has 0 aromatic rings. The Morgan fingerprint density at radius 1 is 1.14 bits per heavy atom. The highest BCUT2D eigenvalue weighted by Crippen LogP contribution is 2.25. The largest absolute Gasteiger partial charge is 0.393 e. The molecule has 5 nitrogen and oxygen atoms in total. The predicted molar refractivity (Wildman–Crippen MR) is 85.2 cm³/mol. The van der Waals surface area contributed by atoms with Crippen molar-refractivity contribution in [3.05, 3.63) is 0 Å². The van der Waals surface area contributed by atoms with Gasteiger partial charge in [-0.1, -0.05) is 20.8 Å². The summed E-state index contributed by atoms with van der Waals surface area (Å²) in [4.78, 5) is 26.7. The number of aliphatic hydroxyl groups excluding tert-OH is 1. The van der Waals surface area contributed by atoms with Crippen molar-refractivity contribution in [3.8, 4) is 0 Å². The zero-order chi connectivity index (χ0) is 16.3. The average molecular weight is 310 g/mol. The van der Waals surface area contributed by atoms with Gasteiger partial charge in [-0.25, -0.2) is 0 Å². The highest BCUT2D eigenvalue weighted by molar-refractivity contribution is 5.88. The molecule has 1 atom stereocenters. The Labute approximate surface area is 133 Å². The summed E-state index contributed by atoms with van der Waals surface area (Å²) >= 11 is 0. The van der Waals surface area contributed by atoms with Crippen molar-refractivity contribution in [1.29, 1.82) is 0 Å². The van der Waals surface area contributed by atoms with Crippen molar-refractivity contribution in [2.45, 2.75) is 83.9 Å². The molecule has 0 bridgehead atoms. The summed E-state index contributed by atoms with van der Waals surface area (Å²) in [6.45, 7) is 6.83. The number of hydrogen-bond donors (Lipinski definition) is 2. The van der Waals surface area contributed by atoms with Gasteiger partial charge < -0.3 is 15.3 Å². The third kappa shape index (κ3) is 4.70. The van der Waals surface area contributed by atoms with Crippen LogP contribution in [-0.2, 0) is 9.59 Å². The van der Waals surface area contributed by atoms with Crippen LogP contribution in [0.1, 0.15) is 65.7 Å². The molecule has 2 fully saturated rings.